The van der Waals surface area contributed by atoms with E-state index in [1.54, 1.807) is 0 Å². The summed E-state index contributed by atoms with van der Waals surface area (Å²) in [4.78, 5) is 0.942. The zero-order valence-electron chi connectivity index (χ0n) is 9.54. The van der Waals surface area contributed by atoms with Crippen molar-refractivity contribution < 1.29 is 0 Å². The lowest BCUT2D eigenvalue weighted by molar-refractivity contribution is 1.20. The first-order valence-corrected chi connectivity index (χ1v) is 6.81. The molecule has 0 aliphatic carbocycles. The maximum absolute atomic E-state index is 5.55. The molecular formula is C14H10N2S2. The van der Waals surface area contributed by atoms with Crippen molar-refractivity contribution in [3.63, 3.8) is 0 Å². The van der Waals surface area contributed by atoms with Crippen LogP contribution in [0.5, 0.6) is 0 Å². The zero-order valence-corrected chi connectivity index (χ0v) is 11.2. The Kier molecular flexibility index (Phi) is 3.13. The van der Waals surface area contributed by atoms with Crippen molar-refractivity contribution in [3.8, 4) is 0 Å². The topological polar surface area (TPSA) is 25.8 Å². The molecule has 2 nitrogen and oxygen atoms in total. The first kappa shape index (κ1) is 11.4. The van der Waals surface area contributed by atoms with Gasteiger partial charge in [0.2, 0.25) is 0 Å². The fourth-order valence-corrected chi connectivity index (χ4v) is 3.00. The van der Waals surface area contributed by atoms with Crippen LogP contribution in [0.15, 0.2) is 48.5 Å². The Balaban J connectivity index is 1.95. The highest BCUT2D eigenvalue weighted by atomic mass is 32.1. The standard InChI is InChI=1S/C14H10N2S2/c17-13(9-10-5-2-1-3-6-10)11-7-4-8-12-14(11)18-16-15-12/h1-8H,9H2. The van der Waals surface area contributed by atoms with Crippen LogP contribution in [0.25, 0.3) is 10.2 Å². The van der Waals surface area contributed by atoms with E-state index in [0.29, 0.717) is 0 Å². The highest BCUT2D eigenvalue weighted by Gasteiger charge is 2.09. The quantitative estimate of drug-likeness (QED) is 0.536. The smallest absolute Gasteiger partial charge is 0.106 e. The van der Waals surface area contributed by atoms with Crippen molar-refractivity contribution in [2.24, 2.45) is 0 Å². The number of fused-ring (bicyclic) bond motifs is 1. The second-order valence-corrected chi connectivity index (χ2v) is 5.26. The second-order valence-electron chi connectivity index (χ2n) is 4.01. The van der Waals surface area contributed by atoms with Crippen molar-refractivity contribution in [1.82, 2.24) is 9.59 Å². The minimum absolute atomic E-state index is 0.785. The molecule has 1 heterocycles. The summed E-state index contributed by atoms with van der Waals surface area (Å²) < 4.78 is 5.07. The Morgan fingerprint density at radius 1 is 1.06 bits per heavy atom. The SMILES string of the molecule is S=C(Cc1ccccc1)c1cccc2nnsc12. The normalized spacial score (nSPS) is 10.7. The Bertz CT molecular complexity index is 689. The highest BCUT2D eigenvalue weighted by molar-refractivity contribution is 7.80. The van der Waals surface area contributed by atoms with Crippen molar-refractivity contribution in [1.29, 1.82) is 0 Å². The number of hydrogen-bond donors (Lipinski definition) is 0. The van der Waals surface area contributed by atoms with Gasteiger partial charge in [-0.2, -0.15) is 0 Å². The summed E-state index contributed by atoms with van der Waals surface area (Å²) in [5.41, 5.74) is 3.24. The van der Waals surface area contributed by atoms with E-state index in [0.717, 1.165) is 27.1 Å². The predicted octanol–water partition coefficient (Wildman–Crippen LogP) is 3.65. The molecule has 0 saturated heterocycles. The molecule has 18 heavy (non-hydrogen) atoms. The van der Waals surface area contributed by atoms with Gasteiger partial charge in [-0.15, -0.1) is 5.10 Å². The first-order valence-electron chi connectivity index (χ1n) is 5.63. The summed E-state index contributed by atoms with van der Waals surface area (Å²) >= 11 is 6.95. The lowest BCUT2D eigenvalue weighted by atomic mass is 10.0. The highest BCUT2D eigenvalue weighted by Crippen LogP contribution is 2.22. The number of benzene rings is 2. The summed E-state index contributed by atoms with van der Waals surface area (Å²) in [5.74, 6) is 0. The van der Waals surface area contributed by atoms with Gasteiger partial charge in [-0.05, 0) is 23.2 Å². The third kappa shape index (κ3) is 2.17. The molecule has 0 saturated carbocycles. The van der Waals surface area contributed by atoms with Crippen LogP contribution in [0.2, 0.25) is 0 Å². The van der Waals surface area contributed by atoms with Crippen LogP contribution in [-0.4, -0.2) is 14.5 Å². The third-order valence-corrected chi connectivity index (χ3v) is 3.92. The van der Waals surface area contributed by atoms with E-state index >= 15 is 0 Å². The maximum Gasteiger partial charge on any atom is 0.106 e. The molecule has 3 rings (SSSR count). The summed E-state index contributed by atoms with van der Waals surface area (Å²) in [6, 6.07) is 16.3. The van der Waals surface area contributed by atoms with Gasteiger partial charge in [0.1, 0.15) is 5.52 Å². The zero-order chi connectivity index (χ0) is 12.4. The fourth-order valence-electron chi connectivity index (χ4n) is 1.90. The molecule has 1 aromatic heterocycles. The Labute approximate surface area is 114 Å². The summed E-state index contributed by atoms with van der Waals surface area (Å²) in [7, 11) is 0. The van der Waals surface area contributed by atoms with Crippen molar-refractivity contribution >= 4 is 38.8 Å². The summed E-state index contributed by atoms with van der Waals surface area (Å²) in [6.45, 7) is 0. The fraction of sp³-hybridized carbons (Fsp3) is 0.0714. The molecule has 0 fully saturated rings. The monoisotopic (exact) mass is 270 g/mol. The van der Waals surface area contributed by atoms with E-state index in [9.17, 15) is 0 Å². The number of thiocarbonyl (C=S) groups is 1. The van der Waals surface area contributed by atoms with Crippen molar-refractivity contribution in [2.75, 3.05) is 0 Å². The van der Waals surface area contributed by atoms with Crippen LogP contribution in [0.4, 0.5) is 0 Å². The summed E-state index contributed by atoms with van der Waals surface area (Å²) in [6.07, 6.45) is 0.785. The van der Waals surface area contributed by atoms with Gasteiger partial charge in [-0.1, -0.05) is 59.2 Å². The van der Waals surface area contributed by atoms with Crippen LogP contribution < -0.4 is 0 Å². The molecule has 0 bridgehead atoms. The molecule has 0 amide bonds. The molecule has 0 atom stereocenters. The van der Waals surface area contributed by atoms with Crippen LogP contribution in [0.1, 0.15) is 11.1 Å². The Morgan fingerprint density at radius 2 is 1.89 bits per heavy atom. The molecule has 0 aliphatic heterocycles. The average molecular weight is 270 g/mol. The molecular weight excluding hydrogens is 260 g/mol. The number of hydrogen-bond acceptors (Lipinski definition) is 4. The molecule has 0 radical (unpaired) electrons. The van der Waals surface area contributed by atoms with Crippen molar-refractivity contribution in [2.45, 2.75) is 6.42 Å². The van der Waals surface area contributed by atoms with Gasteiger partial charge in [-0.3, -0.25) is 0 Å². The largest absolute Gasteiger partial charge is 0.138 e. The van der Waals surface area contributed by atoms with E-state index in [1.165, 1.54) is 17.1 Å². The Hall–Kier alpha value is -1.65. The molecule has 2 aromatic carbocycles. The number of nitrogens with zero attached hydrogens (tertiary/aromatic N) is 2. The summed E-state index contributed by atoms with van der Waals surface area (Å²) in [5, 5.41) is 4.08. The lowest BCUT2D eigenvalue weighted by Gasteiger charge is -2.04. The molecule has 3 aromatic rings. The van der Waals surface area contributed by atoms with Crippen LogP contribution >= 0.6 is 23.8 Å². The number of rotatable bonds is 3. The molecule has 0 N–H and O–H groups in total. The van der Waals surface area contributed by atoms with Gasteiger partial charge in [0.15, 0.2) is 0 Å². The Morgan fingerprint density at radius 3 is 2.72 bits per heavy atom. The molecule has 0 aliphatic rings. The van der Waals surface area contributed by atoms with E-state index in [-0.39, 0.29) is 0 Å². The minimum Gasteiger partial charge on any atom is -0.138 e. The lowest BCUT2D eigenvalue weighted by Crippen LogP contribution is -2.01. The van der Waals surface area contributed by atoms with E-state index in [4.69, 9.17) is 12.2 Å². The second kappa shape index (κ2) is 4.92. The predicted molar refractivity (Wildman–Crippen MR) is 79.3 cm³/mol. The van der Waals surface area contributed by atoms with Gasteiger partial charge in [0.05, 0.1) is 4.70 Å². The maximum atomic E-state index is 5.55. The average Bonchev–Trinajstić information content (AvgIpc) is 2.87. The van der Waals surface area contributed by atoms with Crippen molar-refractivity contribution in [3.05, 3.63) is 59.7 Å². The number of aromatic nitrogens is 2. The van der Waals surface area contributed by atoms with Crippen LogP contribution in [-0.2, 0) is 6.42 Å². The van der Waals surface area contributed by atoms with Crippen LogP contribution in [0.3, 0.4) is 0 Å². The third-order valence-electron chi connectivity index (χ3n) is 2.78. The van der Waals surface area contributed by atoms with Gasteiger partial charge < -0.3 is 0 Å². The van der Waals surface area contributed by atoms with Gasteiger partial charge in [0, 0.05) is 16.8 Å². The molecule has 0 unspecified atom stereocenters. The molecule has 4 heteroatoms. The minimum atomic E-state index is 0.785. The van der Waals surface area contributed by atoms with Gasteiger partial charge >= 0.3 is 0 Å². The van der Waals surface area contributed by atoms with E-state index < -0.39 is 0 Å². The van der Waals surface area contributed by atoms with Crippen LogP contribution in [0, 0.1) is 0 Å². The van der Waals surface area contributed by atoms with E-state index in [2.05, 4.69) is 21.7 Å². The van der Waals surface area contributed by atoms with E-state index in [1.807, 2.05) is 36.4 Å². The molecule has 88 valence electrons. The molecule has 0 spiro atoms. The van der Waals surface area contributed by atoms with Gasteiger partial charge in [-0.25, -0.2) is 0 Å². The first-order chi connectivity index (χ1) is 8.84. The van der Waals surface area contributed by atoms with Gasteiger partial charge in [0.25, 0.3) is 0 Å².